The van der Waals surface area contributed by atoms with Crippen LogP contribution < -0.4 is 5.32 Å². The second kappa shape index (κ2) is 9.46. The van der Waals surface area contributed by atoms with Gasteiger partial charge in [-0.05, 0) is 42.7 Å². The lowest BCUT2D eigenvalue weighted by Gasteiger charge is -2.31. The third kappa shape index (κ3) is 4.95. The largest absolute Gasteiger partial charge is 0.375 e. The van der Waals surface area contributed by atoms with Gasteiger partial charge in [0.05, 0.1) is 6.10 Å². The van der Waals surface area contributed by atoms with Crippen molar-refractivity contribution in [3.05, 3.63) is 71.5 Å². The Hall–Kier alpha value is -2.73. The van der Waals surface area contributed by atoms with Gasteiger partial charge in [0, 0.05) is 38.2 Å². The van der Waals surface area contributed by atoms with Crippen molar-refractivity contribution in [1.82, 2.24) is 10.2 Å². The summed E-state index contributed by atoms with van der Waals surface area (Å²) in [5.41, 5.74) is 1.49. The van der Waals surface area contributed by atoms with E-state index in [2.05, 4.69) is 5.32 Å². The number of hydrogen-bond donors (Lipinski definition) is 1. The van der Waals surface area contributed by atoms with Gasteiger partial charge in [-0.2, -0.15) is 0 Å². The van der Waals surface area contributed by atoms with Crippen molar-refractivity contribution in [3.63, 3.8) is 0 Å². The molecular formula is C22H25FN2O3. The minimum absolute atomic E-state index is 0.00753. The molecule has 2 aromatic rings. The lowest BCUT2D eigenvalue weighted by Crippen LogP contribution is -2.43. The van der Waals surface area contributed by atoms with Gasteiger partial charge in [-0.3, -0.25) is 9.59 Å². The molecule has 0 radical (unpaired) electrons. The maximum Gasteiger partial charge on any atom is 0.253 e. The molecule has 0 bridgehead atoms. The summed E-state index contributed by atoms with van der Waals surface area (Å²) in [4.78, 5) is 26.7. The number of likely N-dealkylation sites (tertiary alicyclic amines) is 1. The molecule has 1 fully saturated rings. The van der Waals surface area contributed by atoms with Crippen molar-refractivity contribution >= 4 is 11.8 Å². The number of carbonyl (C=O) groups is 2. The van der Waals surface area contributed by atoms with E-state index in [1.807, 2.05) is 30.3 Å². The van der Waals surface area contributed by atoms with Gasteiger partial charge in [-0.1, -0.05) is 30.3 Å². The van der Waals surface area contributed by atoms with Gasteiger partial charge >= 0.3 is 0 Å². The first kappa shape index (κ1) is 20.0. The SMILES string of the molecule is COC(CNC(=O)C1CCN(C(=O)c2ccc(F)cc2)CC1)c1ccccc1. The summed E-state index contributed by atoms with van der Waals surface area (Å²) < 4.78 is 18.5. The highest BCUT2D eigenvalue weighted by Crippen LogP contribution is 2.20. The zero-order valence-corrected chi connectivity index (χ0v) is 15.9. The number of nitrogens with zero attached hydrogens (tertiary/aromatic N) is 1. The van der Waals surface area contributed by atoms with Crippen LogP contribution in [0.4, 0.5) is 4.39 Å². The van der Waals surface area contributed by atoms with E-state index >= 15 is 0 Å². The highest BCUT2D eigenvalue weighted by atomic mass is 19.1. The lowest BCUT2D eigenvalue weighted by molar-refractivity contribution is -0.126. The van der Waals surface area contributed by atoms with Gasteiger partial charge in [-0.25, -0.2) is 4.39 Å². The van der Waals surface area contributed by atoms with E-state index in [-0.39, 0.29) is 29.7 Å². The Kier molecular flexibility index (Phi) is 6.76. The first-order valence-electron chi connectivity index (χ1n) is 9.48. The molecule has 0 aromatic heterocycles. The molecule has 1 N–H and O–H groups in total. The van der Waals surface area contributed by atoms with Crippen molar-refractivity contribution < 1.29 is 18.7 Å². The standard InChI is InChI=1S/C22H25FN2O3/c1-28-20(16-5-3-2-4-6-16)15-24-21(26)17-11-13-25(14-12-17)22(27)18-7-9-19(23)10-8-18/h2-10,17,20H,11-15H2,1H3,(H,24,26). The van der Waals surface area contributed by atoms with Crippen LogP contribution in [0.5, 0.6) is 0 Å². The summed E-state index contributed by atoms with van der Waals surface area (Å²) in [5.74, 6) is -0.614. The fraction of sp³-hybridized carbons (Fsp3) is 0.364. The number of methoxy groups -OCH3 is 1. The average Bonchev–Trinajstić information content (AvgIpc) is 2.75. The molecule has 0 aliphatic carbocycles. The predicted molar refractivity (Wildman–Crippen MR) is 104 cm³/mol. The number of carbonyl (C=O) groups excluding carboxylic acids is 2. The molecule has 1 atom stereocenters. The van der Waals surface area contributed by atoms with Gasteiger partial charge in [0.25, 0.3) is 5.91 Å². The molecule has 5 nitrogen and oxygen atoms in total. The number of piperidine rings is 1. The number of amides is 2. The molecule has 1 heterocycles. The smallest absolute Gasteiger partial charge is 0.253 e. The van der Waals surface area contributed by atoms with Crippen molar-refractivity contribution in [3.8, 4) is 0 Å². The average molecular weight is 384 g/mol. The lowest BCUT2D eigenvalue weighted by atomic mass is 9.95. The Morgan fingerprint density at radius 3 is 2.36 bits per heavy atom. The van der Waals surface area contributed by atoms with E-state index in [1.54, 1.807) is 12.0 Å². The summed E-state index contributed by atoms with van der Waals surface area (Å²) in [6, 6.07) is 15.3. The molecule has 1 aliphatic rings. The van der Waals surface area contributed by atoms with Crippen molar-refractivity contribution in [2.75, 3.05) is 26.7 Å². The predicted octanol–water partition coefficient (Wildman–Crippen LogP) is 3.18. The number of benzene rings is 2. The number of rotatable bonds is 6. The van der Waals surface area contributed by atoms with E-state index in [0.717, 1.165) is 5.56 Å². The van der Waals surface area contributed by atoms with Gasteiger partial charge < -0.3 is 15.0 Å². The van der Waals surface area contributed by atoms with E-state index in [0.29, 0.717) is 38.0 Å². The Morgan fingerprint density at radius 1 is 1.11 bits per heavy atom. The molecule has 1 saturated heterocycles. The van der Waals surface area contributed by atoms with Gasteiger partial charge in [0.1, 0.15) is 5.82 Å². The quantitative estimate of drug-likeness (QED) is 0.832. The minimum atomic E-state index is -0.364. The molecule has 0 saturated carbocycles. The highest BCUT2D eigenvalue weighted by Gasteiger charge is 2.28. The summed E-state index contributed by atoms with van der Waals surface area (Å²) in [6.07, 6.45) is 1.04. The monoisotopic (exact) mass is 384 g/mol. The van der Waals surface area contributed by atoms with Crippen LogP contribution in [-0.2, 0) is 9.53 Å². The Labute approximate surface area is 164 Å². The first-order valence-corrected chi connectivity index (χ1v) is 9.48. The Bertz CT molecular complexity index is 787. The van der Waals surface area contributed by atoms with E-state index in [4.69, 9.17) is 4.74 Å². The number of hydrogen-bond acceptors (Lipinski definition) is 3. The second-order valence-electron chi connectivity index (χ2n) is 6.95. The van der Waals surface area contributed by atoms with E-state index in [1.165, 1.54) is 24.3 Å². The molecule has 6 heteroatoms. The molecular weight excluding hydrogens is 359 g/mol. The van der Waals surface area contributed by atoms with Gasteiger partial charge in [-0.15, -0.1) is 0 Å². The third-order valence-corrected chi connectivity index (χ3v) is 5.16. The second-order valence-corrected chi connectivity index (χ2v) is 6.95. The maximum absolute atomic E-state index is 13.0. The van der Waals surface area contributed by atoms with Crippen LogP contribution in [0.25, 0.3) is 0 Å². The Balaban J connectivity index is 1.48. The van der Waals surface area contributed by atoms with Crippen LogP contribution in [0.2, 0.25) is 0 Å². The first-order chi connectivity index (χ1) is 13.6. The van der Waals surface area contributed by atoms with Crippen molar-refractivity contribution in [2.45, 2.75) is 18.9 Å². The minimum Gasteiger partial charge on any atom is -0.375 e. The molecule has 0 spiro atoms. The number of halogens is 1. The molecule has 1 aliphatic heterocycles. The molecule has 3 rings (SSSR count). The zero-order chi connectivity index (χ0) is 19.9. The molecule has 2 amide bonds. The third-order valence-electron chi connectivity index (χ3n) is 5.16. The maximum atomic E-state index is 13.0. The Morgan fingerprint density at radius 2 is 1.75 bits per heavy atom. The summed E-state index contributed by atoms with van der Waals surface area (Å²) in [6.45, 7) is 1.44. The highest BCUT2D eigenvalue weighted by molar-refractivity contribution is 5.94. The van der Waals surface area contributed by atoms with Crippen molar-refractivity contribution in [1.29, 1.82) is 0 Å². The summed E-state index contributed by atoms with van der Waals surface area (Å²) >= 11 is 0. The van der Waals surface area contributed by atoms with Gasteiger partial charge in [0.2, 0.25) is 5.91 Å². The van der Waals surface area contributed by atoms with Crippen LogP contribution in [0, 0.1) is 11.7 Å². The fourth-order valence-corrected chi connectivity index (χ4v) is 3.46. The van der Waals surface area contributed by atoms with E-state index in [9.17, 15) is 14.0 Å². The topological polar surface area (TPSA) is 58.6 Å². The van der Waals surface area contributed by atoms with Gasteiger partial charge in [0.15, 0.2) is 0 Å². The normalized spacial score (nSPS) is 15.9. The van der Waals surface area contributed by atoms with Crippen LogP contribution in [0.3, 0.4) is 0 Å². The molecule has 28 heavy (non-hydrogen) atoms. The fourth-order valence-electron chi connectivity index (χ4n) is 3.46. The zero-order valence-electron chi connectivity index (χ0n) is 15.9. The summed E-state index contributed by atoms with van der Waals surface area (Å²) in [5, 5.41) is 2.97. The number of nitrogens with one attached hydrogen (secondary N) is 1. The number of ether oxygens (including phenoxy) is 1. The van der Waals surface area contributed by atoms with Crippen LogP contribution in [0.15, 0.2) is 54.6 Å². The summed E-state index contributed by atoms with van der Waals surface area (Å²) in [7, 11) is 1.63. The molecule has 2 aromatic carbocycles. The molecule has 148 valence electrons. The molecule has 1 unspecified atom stereocenters. The van der Waals surface area contributed by atoms with Crippen LogP contribution in [-0.4, -0.2) is 43.5 Å². The van der Waals surface area contributed by atoms with Crippen molar-refractivity contribution in [2.24, 2.45) is 5.92 Å². The van der Waals surface area contributed by atoms with E-state index < -0.39 is 0 Å². The van der Waals surface area contributed by atoms with Crippen LogP contribution >= 0.6 is 0 Å². The van der Waals surface area contributed by atoms with Crippen LogP contribution in [0.1, 0.15) is 34.9 Å².